The van der Waals surface area contributed by atoms with Crippen molar-refractivity contribution in [2.75, 3.05) is 11.9 Å². The molecule has 5 nitrogen and oxygen atoms in total. The Bertz CT molecular complexity index is 415. The number of hydrogen-bond acceptors (Lipinski definition) is 5. The molecule has 1 aliphatic rings. The van der Waals surface area contributed by atoms with E-state index in [4.69, 9.17) is 5.26 Å². The lowest BCUT2D eigenvalue weighted by atomic mass is 9.85. The van der Waals surface area contributed by atoms with Gasteiger partial charge in [-0.3, -0.25) is 0 Å². The van der Waals surface area contributed by atoms with E-state index in [-0.39, 0.29) is 18.6 Å². The fourth-order valence-corrected chi connectivity index (χ4v) is 2.32. The molecule has 0 aromatic carbocycles. The summed E-state index contributed by atoms with van der Waals surface area (Å²) in [5, 5.41) is 21.5. The summed E-state index contributed by atoms with van der Waals surface area (Å²) in [6, 6.07) is 2.27. The molecule has 2 N–H and O–H groups in total. The van der Waals surface area contributed by atoms with Gasteiger partial charge in [0.25, 0.3) is 0 Å². The third-order valence-electron chi connectivity index (χ3n) is 3.30. The number of nitrogens with zero attached hydrogens (tertiary/aromatic N) is 3. The fraction of sp³-hybridized carbons (Fsp3) is 0.583. The van der Waals surface area contributed by atoms with E-state index in [9.17, 15) is 5.11 Å². The zero-order valence-electron chi connectivity index (χ0n) is 9.63. The van der Waals surface area contributed by atoms with Gasteiger partial charge in [0.05, 0.1) is 6.20 Å². The summed E-state index contributed by atoms with van der Waals surface area (Å²) >= 11 is 0. The van der Waals surface area contributed by atoms with Gasteiger partial charge in [-0.1, -0.05) is 12.8 Å². The van der Waals surface area contributed by atoms with Crippen molar-refractivity contribution in [1.29, 1.82) is 5.26 Å². The summed E-state index contributed by atoms with van der Waals surface area (Å²) in [4.78, 5) is 7.91. The molecule has 0 amide bonds. The number of nitrogens with one attached hydrogen (secondary N) is 1. The van der Waals surface area contributed by atoms with Crippen LogP contribution in [0.4, 0.5) is 5.82 Å². The van der Waals surface area contributed by atoms with Gasteiger partial charge in [0, 0.05) is 18.6 Å². The summed E-state index contributed by atoms with van der Waals surface area (Å²) < 4.78 is 0. The number of anilines is 1. The lowest BCUT2D eigenvalue weighted by molar-refractivity contribution is 0.178. The summed E-state index contributed by atoms with van der Waals surface area (Å²) in [5.41, 5.74) is 0.453. The van der Waals surface area contributed by atoms with Gasteiger partial charge in [-0.15, -0.1) is 0 Å². The Hall–Kier alpha value is -1.67. The molecule has 1 aliphatic carbocycles. The Labute approximate surface area is 101 Å². The van der Waals surface area contributed by atoms with Crippen LogP contribution in [-0.4, -0.2) is 27.7 Å². The van der Waals surface area contributed by atoms with Gasteiger partial charge in [0.2, 0.25) is 0 Å². The Kier molecular flexibility index (Phi) is 3.89. The molecule has 0 bridgehead atoms. The highest BCUT2D eigenvalue weighted by molar-refractivity contribution is 5.50. The van der Waals surface area contributed by atoms with Crippen LogP contribution in [0.15, 0.2) is 12.5 Å². The first-order valence-electron chi connectivity index (χ1n) is 5.92. The van der Waals surface area contributed by atoms with Crippen molar-refractivity contribution in [3.8, 4) is 6.07 Å². The van der Waals surface area contributed by atoms with Gasteiger partial charge in [-0.05, 0) is 12.8 Å². The quantitative estimate of drug-likeness (QED) is 0.821. The molecule has 1 heterocycles. The predicted octanol–water partition coefficient (Wildman–Crippen LogP) is 1.31. The van der Waals surface area contributed by atoms with Crippen LogP contribution in [0.5, 0.6) is 0 Å². The molecule has 1 aromatic rings. The summed E-state index contributed by atoms with van der Waals surface area (Å²) in [6.07, 6.45) is 7.30. The number of aliphatic hydroxyl groups excluding tert-OH is 1. The van der Waals surface area contributed by atoms with Crippen LogP contribution in [-0.2, 0) is 0 Å². The van der Waals surface area contributed by atoms with E-state index in [2.05, 4.69) is 21.4 Å². The van der Waals surface area contributed by atoms with Crippen molar-refractivity contribution in [1.82, 2.24) is 9.97 Å². The van der Waals surface area contributed by atoms with E-state index in [0.717, 1.165) is 25.7 Å². The molecule has 0 saturated heterocycles. The normalized spacial score (nSPS) is 24.0. The maximum atomic E-state index is 9.33. The Balaban J connectivity index is 2.11. The van der Waals surface area contributed by atoms with Gasteiger partial charge in [0.1, 0.15) is 23.8 Å². The smallest absolute Gasteiger partial charge is 0.147 e. The highest BCUT2D eigenvalue weighted by atomic mass is 16.3. The van der Waals surface area contributed by atoms with Crippen LogP contribution in [0.1, 0.15) is 31.2 Å². The number of aromatic nitrogens is 2. The number of rotatable bonds is 3. The number of nitriles is 1. The second-order valence-electron chi connectivity index (χ2n) is 4.37. The third kappa shape index (κ3) is 2.71. The van der Waals surface area contributed by atoms with E-state index < -0.39 is 0 Å². The standard InChI is InChI=1S/C12H16N4O/c13-5-10-6-14-8-15-12(10)16-11-4-2-1-3-9(11)7-17/h6,8-9,11,17H,1-4,7H2,(H,14,15,16). The molecule has 0 aliphatic heterocycles. The predicted molar refractivity (Wildman–Crippen MR) is 63.2 cm³/mol. The third-order valence-corrected chi connectivity index (χ3v) is 3.30. The van der Waals surface area contributed by atoms with Crippen LogP contribution < -0.4 is 5.32 Å². The van der Waals surface area contributed by atoms with Crippen molar-refractivity contribution in [2.45, 2.75) is 31.7 Å². The molecule has 5 heteroatoms. The van der Waals surface area contributed by atoms with E-state index >= 15 is 0 Å². The van der Waals surface area contributed by atoms with Crippen molar-refractivity contribution in [3.05, 3.63) is 18.1 Å². The SMILES string of the molecule is N#Cc1cncnc1NC1CCCCC1CO. The second kappa shape index (κ2) is 5.60. The van der Waals surface area contributed by atoms with Crippen LogP contribution >= 0.6 is 0 Å². The number of aliphatic hydroxyl groups is 1. The molecule has 1 fully saturated rings. The lowest BCUT2D eigenvalue weighted by Crippen LogP contribution is -2.34. The van der Waals surface area contributed by atoms with Gasteiger partial charge in [0.15, 0.2) is 0 Å². The summed E-state index contributed by atoms with van der Waals surface area (Å²) in [7, 11) is 0. The summed E-state index contributed by atoms with van der Waals surface area (Å²) in [6.45, 7) is 0.185. The Morgan fingerprint density at radius 2 is 2.29 bits per heavy atom. The average Bonchev–Trinajstić information content (AvgIpc) is 2.40. The van der Waals surface area contributed by atoms with E-state index in [1.54, 1.807) is 0 Å². The molecule has 2 unspecified atom stereocenters. The minimum atomic E-state index is 0.185. The minimum absolute atomic E-state index is 0.185. The van der Waals surface area contributed by atoms with Crippen molar-refractivity contribution < 1.29 is 5.11 Å². The Morgan fingerprint density at radius 3 is 3.06 bits per heavy atom. The molecule has 90 valence electrons. The van der Waals surface area contributed by atoms with Crippen LogP contribution in [0, 0.1) is 17.2 Å². The average molecular weight is 232 g/mol. The van der Waals surface area contributed by atoms with Gasteiger partial charge in [-0.25, -0.2) is 9.97 Å². The maximum Gasteiger partial charge on any atom is 0.147 e. The molecule has 0 spiro atoms. The van der Waals surface area contributed by atoms with Crippen molar-refractivity contribution >= 4 is 5.82 Å². The molecule has 2 rings (SSSR count). The minimum Gasteiger partial charge on any atom is -0.396 e. The molecular formula is C12H16N4O. The molecule has 1 saturated carbocycles. The van der Waals surface area contributed by atoms with Crippen molar-refractivity contribution in [2.24, 2.45) is 5.92 Å². The summed E-state index contributed by atoms with van der Waals surface area (Å²) in [5.74, 6) is 0.832. The molecule has 1 aromatic heterocycles. The van der Waals surface area contributed by atoms with Gasteiger partial charge < -0.3 is 10.4 Å². The highest BCUT2D eigenvalue weighted by Gasteiger charge is 2.25. The molecule has 2 atom stereocenters. The molecule has 0 radical (unpaired) electrons. The zero-order valence-corrected chi connectivity index (χ0v) is 9.63. The van der Waals surface area contributed by atoms with E-state index in [1.807, 2.05) is 0 Å². The number of hydrogen-bond donors (Lipinski definition) is 2. The van der Waals surface area contributed by atoms with Crippen LogP contribution in [0.2, 0.25) is 0 Å². The first-order chi connectivity index (χ1) is 8.35. The maximum absolute atomic E-state index is 9.33. The topological polar surface area (TPSA) is 81.8 Å². The first-order valence-corrected chi connectivity index (χ1v) is 5.92. The molecule has 17 heavy (non-hydrogen) atoms. The first kappa shape index (κ1) is 11.8. The lowest BCUT2D eigenvalue weighted by Gasteiger charge is -2.31. The largest absolute Gasteiger partial charge is 0.396 e. The fourth-order valence-electron chi connectivity index (χ4n) is 2.32. The van der Waals surface area contributed by atoms with Crippen LogP contribution in [0.25, 0.3) is 0 Å². The molecular weight excluding hydrogens is 216 g/mol. The van der Waals surface area contributed by atoms with E-state index in [1.165, 1.54) is 12.5 Å². The Morgan fingerprint density at radius 1 is 1.47 bits per heavy atom. The van der Waals surface area contributed by atoms with Crippen molar-refractivity contribution in [3.63, 3.8) is 0 Å². The monoisotopic (exact) mass is 232 g/mol. The highest BCUT2D eigenvalue weighted by Crippen LogP contribution is 2.27. The second-order valence-corrected chi connectivity index (χ2v) is 4.37. The van der Waals surface area contributed by atoms with Gasteiger partial charge in [-0.2, -0.15) is 5.26 Å². The zero-order chi connectivity index (χ0) is 12.1. The van der Waals surface area contributed by atoms with Crippen LogP contribution in [0.3, 0.4) is 0 Å². The van der Waals surface area contributed by atoms with E-state index in [0.29, 0.717) is 11.4 Å². The van der Waals surface area contributed by atoms with Gasteiger partial charge >= 0.3 is 0 Å².